The lowest BCUT2D eigenvalue weighted by molar-refractivity contribution is 0.0694. The van der Waals surface area contributed by atoms with E-state index in [1.54, 1.807) is 6.92 Å². The lowest BCUT2D eigenvalue weighted by Crippen LogP contribution is -2.11. The molecule has 3 aromatic rings. The van der Waals surface area contributed by atoms with Crippen LogP contribution >= 0.6 is 0 Å². The Kier molecular flexibility index (Phi) is 3.80. The van der Waals surface area contributed by atoms with Gasteiger partial charge in [-0.1, -0.05) is 17.7 Å². The lowest BCUT2D eigenvalue weighted by atomic mass is 9.94. The Morgan fingerprint density at radius 3 is 2.20 bits per heavy atom. The third kappa shape index (κ3) is 2.45. The van der Waals surface area contributed by atoms with E-state index in [2.05, 4.69) is 22.2 Å². The number of rotatable bonds is 2. The largest absolute Gasteiger partial charge is 0.478 e. The zero-order chi connectivity index (χ0) is 18.5. The first-order valence-electron chi connectivity index (χ1n) is 7.87. The number of nitriles is 1. The first-order valence-corrected chi connectivity index (χ1v) is 7.87. The van der Waals surface area contributed by atoms with Gasteiger partial charge in [-0.3, -0.25) is 0 Å². The van der Waals surface area contributed by atoms with Crippen LogP contribution in [0.25, 0.3) is 16.8 Å². The molecule has 6 nitrogen and oxygen atoms in total. The number of benzene rings is 1. The van der Waals surface area contributed by atoms with E-state index in [0.717, 1.165) is 22.3 Å². The highest BCUT2D eigenvalue weighted by Crippen LogP contribution is 2.34. The predicted molar refractivity (Wildman–Crippen MR) is 93.8 cm³/mol. The summed E-state index contributed by atoms with van der Waals surface area (Å²) < 4.78 is 1.35. The standard InChI is InChI=1S/C19H18N4O2/c1-9-6-10(2)15(11(3)7-9)17-13(5)22-23-14(8-20)16(19(24)25)12(4)21-18(17)23/h6-7H,1-5H3,(H,24,25). The van der Waals surface area contributed by atoms with Crippen LogP contribution in [-0.2, 0) is 0 Å². The van der Waals surface area contributed by atoms with Crippen LogP contribution < -0.4 is 0 Å². The molecule has 0 spiro atoms. The average Bonchev–Trinajstić information content (AvgIpc) is 2.81. The summed E-state index contributed by atoms with van der Waals surface area (Å²) in [6.45, 7) is 9.55. The molecule has 25 heavy (non-hydrogen) atoms. The van der Waals surface area contributed by atoms with Gasteiger partial charge in [0.05, 0.1) is 17.0 Å². The Bertz CT molecular complexity index is 1060. The van der Waals surface area contributed by atoms with Gasteiger partial charge in [0.2, 0.25) is 0 Å². The second-order valence-electron chi connectivity index (χ2n) is 6.31. The maximum Gasteiger partial charge on any atom is 0.340 e. The first-order chi connectivity index (χ1) is 11.8. The molecule has 0 bridgehead atoms. The van der Waals surface area contributed by atoms with Gasteiger partial charge in [0.1, 0.15) is 11.6 Å². The number of carboxylic acids is 1. The Balaban J connectivity index is 2.48. The van der Waals surface area contributed by atoms with Crippen LogP contribution in [0.2, 0.25) is 0 Å². The van der Waals surface area contributed by atoms with Crippen LogP contribution in [0.5, 0.6) is 0 Å². The Hall–Kier alpha value is -3.20. The number of nitrogens with zero attached hydrogens (tertiary/aromatic N) is 4. The van der Waals surface area contributed by atoms with Crippen molar-refractivity contribution in [2.75, 3.05) is 0 Å². The summed E-state index contributed by atoms with van der Waals surface area (Å²) in [5.74, 6) is -1.18. The second-order valence-corrected chi connectivity index (χ2v) is 6.31. The van der Waals surface area contributed by atoms with Gasteiger partial charge in [-0.05, 0) is 51.3 Å². The number of hydrogen-bond donors (Lipinski definition) is 1. The summed E-state index contributed by atoms with van der Waals surface area (Å²) in [6.07, 6.45) is 0. The number of aromatic carboxylic acids is 1. The molecule has 126 valence electrons. The molecule has 2 heterocycles. The molecular weight excluding hydrogens is 316 g/mol. The Labute approximate surface area is 145 Å². The number of aromatic nitrogens is 3. The summed E-state index contributed by atoms with van der Waals surface area (Å²) >= 11 is 0. The smallest absolute Gasteiger partial charge is 0.340 e. The van der Waals surface area contributed by atoms with Gasteiger partial charge in [0, 0.05) is 0 Å². The van der Waals surface area contributed by atoms with Crippen molar-refractivity contribution in [3.8, 4) is 17.2 Å². The third-order valence-corrected chi connectivity index (χ3v) is 4.37. The monoisotopic (exact) mass is 334 g/mol. The molecule has 0 fully saturated rings. The van der Waals surface area contributed by atoms with Gasteiger partial charge in [-0.2, -0.15) is 10.4 Å². The molecule has 3 rings (SSSR count). The minimum Gasteiger partial charge on any atom is -0.478 e. The van der Waals surface area contributed by atoms with Crippen LogP contribution in [0, 0.1) is 45.9 Å². The van der Waals surface area contributed by atoms with Gasteiger partial charge < -0.3 is 5.11 Å². The van der Waals surface area contributed by atoms with E-state index in [4.69, 9.17) is 0 Å². The molecule has 0 unspecified atom stereocenters. The molecule has 0 atom stereocenters. The molecule has 0 saturated carbocycles. The minimum atomic E-state index is -1.18. The van der Waals surface area contributed by atoms with Gasteiger partial charge >= 0.3 is 5.97 Å². The van der Waals surface area contributed by atoms with Crippen molar-refractivity contribution in [2.45, 2.75) is 34.6 Å². The van der Waals surface area contributed by atoms with E-state index in [9.17, 15) is 15.2 Å². The van der Waals surface area contributed by atoms with E-state index < -0.39 is 5.97 Å². The molecule has 0 saturated heterocycles. The predicted octanol–water partition coefficient (Wildman–Crippen LogP) is 3.51. The number of carbonyl (C=O) groups is 1. The molecule has 0 aliphatic heterocycles. The van der Waals surface area contributed by atoms with Crippen molar-refractivity contribution in [1.82, 2.24) is 14.6 Å². The quantitative estimate of drug-likeness (QED) is 0.774. The fourth-order valence-electron chi connectivity index (χ4n) is 3.49. The van der Waals surface area contributed by atoms with Crippen molar-refractivity contribution in [2.24, 2.45) is 0 Å². The van der Waals surface area contributed by atoms with Crippen LogP contribution in [-0.4, -0.2) is 25.7 Å². The Morgan fingerprint density at radius 1 is 1.08 bits per heavy atom. The van der Waals surface area contributed by atoms with Crippen LogP contribution in [0.4, 0.5) is 0 Å². The fraction of sp³-hybridized carbons (Fsp3) is 0.263. The number of fused-ring (bicyclic) bond motifs is 1. The SMILES string of the molecule is Cc1cc(C)c(-c2c(C)nn3c(C#N)c(C(=O)O)c(C)nc23)c(C)c1. The molecule has 1 aromatic carbocycles. The maximum absolute atomic E-state index is 11.5. The normalized spacial score (nSPS) is 10.9. The maximum atomic E-state index is 11.5. The number of aryl methyl sites for hydroxylation is 5. The first kappa shape index (κ1) is 16.7. The molecule has 6 heteroatoms. The summed E-state index contributed by atoms with van der Waals surface area (Å²) in [7, 11) is 0. The molecular formula is C19H18N4O2. The van der Waals surface area contributed by atoms with Gasteiger partial charge in [0.25, 0.3) is 0 Å². The van der Waals surface area contributed by atoms with Crippen molar-refractivity contribution < 1.29 is 9.90 Å². The summed E-state index contributed by atoms with van der Waals surface area (Å²) in [6, 6.07) is 6.16. The number of carboxylic acid groups (broad SMARTS) is 1. The van der Waals surface area contributed by atoms with Crippen molar-refractivity contribution in [1.29, 1.82) is 5.26 Å². The van der Waals surface area contributed by atoms with Gasteiger partial charge in [0.15, 0.2) is 11.3 Å². The zero-order valence-electron chi connectivity index (χ0n) is 14.8. The van der Waals surface area contributed by atoms with E-state index in [1.807, 2.05) is 33.8 Å². The van der Waals surface area contributed by atoms with E-state index in [0.29, 0.717) is 17.0 Å². The molecule has 0 radical (unpaired) electrons. The summed E-state index contributed by atoms with van der Waals surface area (Å²) in [5.41, 5.74) is 6.62. The highest BCUT2D eigenvalue weighted by atomic mass is 16.4. The van der Waals surface area contributed by atoms with Crippen molar-refractivity contribution >= 4 is 11.6 Å². The van der Waals surface area contributed by atoms with Crippen LogP contribution in [0.1, 0.15) is 44.1 Å². The van der Waals surface area contributed by atoms with Crippen LogP contribution in [0.15, 0.2) is 12.1 Å². The van der Waals surface area contributed by atoms with E-state index in [-0.39, 0.29) is 11.3 Å². The summed E-state index contributed by atoms with van der Waals surface area (Å²) in [5, 5.41) is 23.3. The molecule has 0 aliphatic carbocycles. The zero-order valence-corrected chi connectivity index (χ0v) is 14.8. The van der Waals surface area contributed by atoms with E-state index in [1.165, 1.54) is 10.1 Å². The van der Waals surface area contributed by atoms with E-state index >= 15 is 0 Å². The number of hydrogen-bond acceptors (Lipinski definition) is 4. The fourth-order valence-corrected chi connectivity index (χ4v) is 3.49. The molecule has 2 aromatic heterocycles. The average molecular weight is 334 g/mol. The van der Waals surface area contributed by atoms with Crippen LogP contribution in [0.3, 0.4) is 0 Å². The summed E-state index contributed by atoms with van der Waals surface area (Å²) in [4.78, 5) is 16.0. The second kappa shape index (κ2) is 5.71. The highest BCUT2D eigenvalue weighted by molar-refractivity contribution is 5.93. The molecule has 0 amide bonds. The topological polar surface area (TPSA) is 91.3 Å². The third-order valence-electron chi connectivity index (χ3n) is 4.37. The molecule has 1 N–H and O–H groups in total. The highest BCUT2D eigenvalue weighted by Gasteiger charge is 2.24. The minimum absolute atomic E-state index is 0.00762. The lowest BCUT2D eigenvalue weighted by Gasteiger charge is -2.12. The van der Waals surface area contributed by atoms with Crippen molar-refractivity contribution in [3.05, 3.63) is 51.5 Å². The van der Waals surface area contributed by atoms with Gasteiger partial charge in [-0.25, -0.2) is 14.3 Å². The van der Waals surface area contributed by atoms with Gasteiger partial charge in [-0.15, -0.1) is 0 Å². The van der Waals surface area contributed by atoms with Crippen molar-refractivity contribution in [3.63, 3.8) is 0 Å². The molecule has 0 aliphatic rings. The Morgan fingerprint density at radius 2 is 1.68 bits per heavy atom.